The molecular weight excluding hydrogens is 298 g/mol. The summed E-state index contributed by atoms with van der Waals surface area (Å²) in [6.07, 6.45) is 0.870. The quantitative estimate of drug-likeness (QED) is 0.450. The van der Waals surface area contributed by atoms with Crippen molar-refractivity contribution in [3.8, 4) is 17.2 Å². The Kier molecular flexibility index (Phi) is 9.12. The van der Waals surface area contributed by atoms with Gasteiger partial charge >= 0.3 is 5.97 Å². The standard InChI is InChI=1S/C14H21NO5.ClH/c1-4-19-13(16)6-5-7-20-12-9-10(15)8-11(17-2)14(12)18-3;/h8-9H,4-7,15H2,1-3H3;1H. The maximum absolute atomic E-state index is 11.2. The van der Waals surface area contributed by atoms with Crippen molar-refractivity contribution < 1.29 is 23.7 Å². The lowest BCUT2D eigenvalue weighted by Gasteiger charge is -2.14. The zero-order valence-electron chi connectivity index (χ0n) is 12.5. The van der Waals surface area contributed by atoms with Crippen LogP contribution in [0.3, 0.4) is 0 Å². The van der Waals surface area contributed by atoms with Gasteiger partial charge in [0.1, 0.15) is 0 Å². The molecule has 120 valence electrons. The third-order valence-electron chi connectivity index (χ3n) is 2.56. The monoisotopic (exact) mass is 319 g/mol. The topological polar surface area (TPSA) is 80.0 Å². The number of rotatable bonds is 8. The minimum Gasteiger partial charge on any atom is -0.493 e. The number of hydrogen-bond donors (Lipinski definition) is 1. The van der Waals surface area contributed by atoms with E-state index >= 15 is 0 Å². The number of benzene rings is 1. The van der Waals surface area contributed by atoms with E-state index in [1.807, 2.05) is 0 Å². The van der Waals surface area contributed by atoms with Gasteiger partial charge in [-0.05, 0) is 13.3 Å². The molecule has 0 heterocycles. The van der Waals surface area contributed by atoms with Gasteiger partial charge in [-0.3, -0.25) is 4.79 Å². The lowest BCUT2D eigenvalue weighted by Crippen LogP contribution is -2.07. The fourth-order valence-electron chi connectivity index (χ4n) is 1.69. The maximum atomic E-state index is 11.2. The Morgan fingerprint density at radius 1 is 1.19 bits per heavy atom. The van der Waals surface area contributed by atoms with Crippen LogP contribution in [0.25, 0.3) is 0 Å². The van der Waals surface area contributed by atoms with Crippen molar-refractivity contribution in [1.82, 2.24) is 0 Å². The van der Waals surface area contributed by atoms with E-state index in [-0.39, 0.29) is 18.4 Å². The van der Waals surface area contributed by atoms with E-state index in [0.29, 0.717) is 49.0 Å². The van der Waals surface area contributed by atoms with Crippen molar-refractivity contribution in [2.75, 3.05) is 33.2 Å². The number of esters is 1. The molecule has 0 aliphatic rings. The van der Waals surface area contributed by atoms with Crippen molar-refractivity contribution in [3.05, 3.63) is 12.1 Å². The molecule has 1 aromatic rings. The number of nitrogens with two attached hydrogens (primary N) is 1. The molecular formula is C14H22ClNO5. The predicted octanol–water partition coefficient (Wildman–Crippen LogP) is 2.43. The summed E-state index contributed by atoms with van der Waals surface area (Å²) in [7, 11) is 3.06. The van der Waals surface area contributed by atoms with Gasteiger partial charge in [-0.2, -0.15) is 0 Å². The lowest BCUT2D eigenvalue weighted by atomic mass is 10.2. The highest BCUT2D eigenvalue weighted by Crippen LogP contribution is 2.39. The van der Waals surface area contributed by atoms with Gasteiger partial charge in [0.05, 0.1) is 27.4 Å². The number of anilines is 1. The Morgan fingerprint density at radius 2 is 1.86 bits per heavy atom. The Balaban J connectivity index is 0.00000400. The van der Waals surface area contributed by atoms with E-state index in [0.717, 1.165) is 0 Å². The molecule has 0 aliphatic heterocycles. The smallest absolute Gasteiger partial charge is 0.305 e. The molecule has 0 atom stereocenters. The van der Waals surface area contributed by atoms with E-state index in [9.17, 15) is 4.79 Å². The summed E-state index contributed by atoms with van der Waals surface area (Å²) in [6.45, 7) is 2.53. The average Bonchev–Trinajstić information content (AvgIpc) is 2.43. The Labute approximate surface area is 130 Å². The molecule has 0 saturated heterocycles. The number of carbonyl (C=O) groups excluding carboxylic acids is 1. The molecule has 0 aromatic heterocycles. The lowest BCUT2D eigenvalue weighted by molar-refractivity contribution is -0.143. The second kappa shape index (κ2) is 9.99. The van der Waals surface area contributed by atoms with E-state index in [1.165, 1.54) is 14.2 Å². The second-order valence-corrected chi connectivity index (χ2v) is 4.01. The first kappa shape index (κ1) is 19.2. The zero-order chi connectivity index (χ0) is 15.0. The normalized spacial score (nSPS) is 9.48. The summed E-state index contributed by atoms with van der Waals surface area (Å²) >= 11 is 0. The maximum Gasteiger partial charge on any atom is 0.305 e. The van der Waals surface area contributed by atoms with Crippen molar-refractivity contribution in [3.63, 3.8) is 0 Å². The first-order valence-corrected chi connectivity index (χ1v) is 6.42. The highest BCUT2D eigenvalue weighted by Gasteiger charge is 2.13. The van der Waals surface area contributed by atoms with Crippen LogP contribution < -0.4 is 19.9 Å². The fraction of sp³-hybridized carbons (Fsp3) is 0.500. The minimum absolute atomic E-state index is 0. The third-order valence-corrected chi connectivity index (χ3v) is 2.56. The molecule has 0 unspecified atom stereocenters. The summed E-state index contributed by atoms with van der Waals surface area (Å²) in [6, 6.07) is 3.32. The Bertz CT molecular complexity index is 453. The van der Waals surface area contributed by atoms with Gasteiger partial charge in [0, 0.05) is 24.2 Å². The van der Waals surface area contributed by atoms with Crippen molar-refractivity contribution in [2.24, 2.45) is 0 Å². The van der Waals surface area contributed by atoms with E-state index < -0.39 is 0 Å². The molecule has 0 spiro atoms. The molecule has 21 heavy (non-hydrogen) atoms. The summed E-state index contributed by atoms with van der Waals surface area (Å²) in [5, 5.41) is 0. The predicted molar refractivity (Wildman–Crippen MR) is 82.6 cm³/mol. The van der Waals surface area contributed by atoms with Gasteiger partial charge in [0.15, 0.2) is 11.5 Å². The summed E-state index contributed by atoms with van der Waals surface area (Å²) in [5.74, 6) is 1.26. The summed E-state index contributed by atoms with van der Waals surface area (Å²) in [5.41, 5.74) is 6.28. The highest BCUT2D eigenvalue weighted by atomic mass is 35.5. The summed E-state index contributed by atoms with van der Waals surface area (Å²) < 4.78 is 20.8. The summed E-state index contributed by atoms with van der Waals surface area (Å²) in [4.78, 5) is 11.2. The van der Waals surface area contributed by atoms with Crippen LogP contribution >= 0.6 is 12.4 Å². The number of halogens is 1. The molecule has 0 radical (unpaired) electrons. The number of ether oxygens (including phenoxy) is 4. The van der Waals surface area contributed by atoms with Crippen LogP contribution in [-0.4, -0.2) is 33.4 Å². The average molecular weight is 320 g/mol. The SMILES string of the molecule is CCOC(=O)CCCOc1cc(N)cc(OC)c1OC.Cl. The number of methoxy groups -OCH3 is 2. The third kappa shape index (κ3) is 5.99. The van der Waals surface area contributed by atoms with Crippen molar-refractivity contribution in [2.45, 2.75) is 19.8 Å². The Hall–Kier alpha value is -1.82. The number of hydrogen-bond acceptors (Lipinski definition) is 6. The van der Waals surface area contributed by atoms with Crippen LogP contribution in [0.5, 0.6) is 17.2 Å². The van der Waals surface area contributed by atoms with Gasteiger partial charge in [0.25, 0.3) is 0 Å². The molecule has 0 amide bonds. The molecule has 2 N–H and O–H groups in total. The van der Waals surface area contributed by atoms with Crippen LogP contribution in [0.1, 0.15) is 19.8 Å². The number of nitrogen functional groups attached to an aromatic ring is 1. The van der Waals surface area contributed by atoms with Crippen molar-refractivity contribution in [1.29, 1.82) is 0 Å². The van der Waals surface area contributed by atoms with E-state index in [2.05, 4.69) is 0 Å². The molecule has 1 aromatic carbocycles. The highest BCUT2D eigenvalue weighted by molar-refractivity contribution is 5.85. The van der Waals surface area contributed by atoms with E-state index in [4.69, 9.17) is 24.7 Å². The largest absolute Gasteiger partial charge is 0.493 e. The second-order valence-electron chi connectivity index (χ2n) is 4.01. The first-order chi connectivity index (χ1) is 9.62. The van der Waals surface area contributed by atoms with Gasteiger partial charge in [0.2, 0.25) is 5.75 Å². The molecule has 0 aliphatic carbocycles. The van der Waals surface area contributed by atoms with Gasteiger partial charge < -0.3 is 24.7 Å². The zero-order valence-corrected chi connectivity index (χ0v) is 13.3. The van der Waals surface area contributed by atoms with Gasteiger partial charge in [-0.15, -0.1) is 12.4 Å². The van der Waals surface area contributed by atoms with Crippen LogP contribution in [0, 0.1) is 0 Å². The first-order valence-electron chi connectivity index (χ1n) is 6.42. The Morgan fingerprint density at radius 3 is 2.43 bits per heavy atom. The van der Waals surface area contributed by atoms with Crippen LogP contribution in [0.2, 0.25) is 0 Å². The van der Waals surface area contributed by atoms with E-state index in [1.54, 1.807) is 19.1 Å². The molecule has 0 saturated carbocycles. The van der Waals surface area contributed by atoms with Crippen LogP contribution in [0.4, 0.5) is 5.69 Å². The van der Waals surface area contributed by atoms with Crippen LogP contribution in [0.15, 0.2) is 12.1 Å². The molecule has 7 heteroatoms. The van der Waals surface area contributed by atoms with Crippen LogP contribution in [-0.2, 0) is 9.53 Å². The van der Waals surface area contributed by atoms with Gasteiger partial charge in [-0.1, -0.05) is 0 Å². The number of carbonyl (C=O) groups is 1. The van der Waals surface area contributed by atoms with Gasteiger partial charge in [-0.25, -0.2) is 0 Å². The fourth-order valence-corrected chi connectivity index (χ4v) is 1.69. The molecule has 1 rings (SSSR count). The van der Waals surface area contributed by atoms with Crippen molar-refractivity contribution >= 4 is 24.1 Å². The minimum atomic E-state index is -0.228. The molecule has 0 bridgehead atoms. The molecule has 6 nitrogen and oxygen atoms in total. The molecule has 0 fully saturated rings.